The highest BCUT2D eigenvalue weighted by atomic mass is 16.5. The van der Waals surface area contributed by atoms with Crippen molar-refractivity contribution in [1.29, 1.82) is 0 Å². The molecule has 7 nitrogen and oxygen atoms in total. The minimum absolute atomic E-state index is 0.106. The Morgan fingerprint density at radius 3 is 2.53 bits per heavy atom. The molecule has 0 radical (unpaired) electrons. The van der Waals surface area contributed by atoms with Gasteiger partial charge in [-0.15, -0.1) is 0 Å². The first kappa shape index (κ1) is 22.3. The van der Waals surface area contributed by atoms with E-state index in [0.29, 0.717) is 36.4 Å². The van der Waals surface area contributed by atoms with Gasteiger partial charge in [0.2, 0.25) is 0 Å². The molecule has 2 unspecified atom stereocenters. The number of carbonyl (C=O) groups excluding carboxylic acids is 3. The van der Waals surface area contributed by atoms with Gasteiger partial charge in [-0.3, -0.25) is 14.4 Å². The number of nitrogens with zero attached hydrogens (tertiary/aromatic N) is 2. The van der Waals surface area contributed by atoms with Gasteiger partial charge in [0.15, 0.2) is 5.54 Å². The van der Waals surface area contributed by atoms with Crippen LogP contribution in [0.4, 0.5) is 5.69 Å². The van der Waals surface area contributed by atoms with Crippen LogP contribution in [0.15, 0.2) is 54.1 Å². The number of likely N-dealkylation sites (tertiary alicyclic amines) is 1. The fraction of sp³-hybridized carbons (Fsp3) is 0.370. The van der Waals surface area contributed by atoms with E-state index in [-0.39, 0.29) is 29.9 Å². The Balaban J connectivity index is 1.79. The van der Waals surface area contributed by atoms with E-state index in [4.69, 9.17) is 4.74 Å². The monoisotopic (exact) mass is 460 g/mol. The average Bonchev–Trinajstić information content (AvgIpc) is 3.49. The fourth-order valence-corrected chi connectivity index (χ4v) is 5.41. The molecule has 1 spiro atoms. The van der Waals surface area contributed by atoms with Crippen molar-refractivity contribution in [3.8, 4) is 0 Å². The molecule has 2 saturated heterocycles. The third kappa shape index (κ3) is 3.10. The van der Waals surface area contributed by atoms with Crippen LogP contribution in [0.5, 0.6) is 0 Å². The maximum Gasteiger partial charge on any atom is 0.296 e. The third-order valence-electron chi connectivity index (χ3n) is 6.99. The maximum atomic E-state index is 14.2. The molecule has 2 amide bonds. The molecule has 3 aliphatic rings. The molecule has 0 aliphatic carbocycles. The molecule has 2 aromatic rings. The first-order valence-electron chi connectivity index (χ1n) is 11.8. The molecule has 0 bridgehead atoms. The predicted molar refractivity (Wildman–Crippen MR) is 127 cm³/mol. The van der Waals surface area contributed by atoms with Gasteiger partial charge in [0.1, 0.15) is 5.76 Å². The zero-order chi connectivity index (χ0) is 24.0. The summed E-state index contributed by atoms with van der Waals surface area (Å²) in [6.07, 6.45) is 2.03. The summed E-state index contributed by atoms with van der Waals surface area (Å²) in [6.45, 7) is 5.01. The van der Waals surface area contributed by atoms with Crippen LogP contribution in [-0.2, 0) is 24.7 Å². The molecule has 7 heteroatoms. The van der Waals surface area contributed by atoms with Gasteiger partial charge in [0.05, 0.1) is 17.4 Å². The fourth-order valence-electron chi connectivity index (χ4n) is 5.41. The lowest BCUT2D eigenvalue weighted by Gasteiger charge is -2.35. The van der Waals surface area contributed by atoms with E-state index < -0.39 is 17.2 Å². The lowest BCUT2D eigenvalue weighted by Crippen LogP contribution is -2.53. The highest BCUT2D eigenvalue weighted by molar-refractivity contribution is 6.50. The van der Waals surface area contributed by atoms with Crippen LogP contribution in [0.25, 0.3) is 5.76 Å². The Morgan fingerprint density at radius 2 is 1.85 bits per heavy atom. The molecule has 2 fully saturated rings. The molecule has 2 atom stereocenters. The minimum atomic E-state index is -1.72. The molecule has 0 aromatic heterocycles. The Morgan fingerprint density at radius 1 is 1.12 bits per heavy atom. The van der Waals surface area contributed by atoms with Crippen LogP contribution >= 0.6 is 0 Å². The summed E-state index contributed by atoms with van der Waals surface area (Å²) in [4.78, 5) is 44.2. The number of para-hydroxylation sites is 1. The minimum Gasteiger partial charge on any atom is -0.507 e. The van der Waals surface area contributed by atoms with Crippen LogP contribution in [0, 0.1) is 6.92 Å². The topological polar surface area (TPSA) is 87.2 Å². The number of rotatable bonds is 5. The molecule has 1 N–H and O–H groups in total. The highest BCUT2D eigenvalue weighted by Gasteiger charge is 2.67. The molecule has 3 aliphatic heterocycles. The second-order valence-electron chi connectivity index (χ2n) is 9.15. The van der Waals surface area contributed by atoms with Crippen LogP contribution in [0.3, 0.4) is 0 Å². The number of fused-ring (bicyclic) bond motifs is 2. The van der Waals surface area contributed by atoms with Crippen molar-refractivity contribution >= 4 is 29.0 Å². The van der Waals surface area contributed by atoms with Crippen molar-refractivity contribution in [3.05, 3.63) is 70.8 Å². The van der Waals surface area contributed by atoms with E-state index in [1.807, 2.05) is 38.1 Å². The van der Waals surface area contributed by atoms with Gasteiger partial charge < -0.3 is 19.6 Å². The van der Waals surface area contributed by atoms with Gasteiger partial charge in [-0.25, -0.2) is 0 Å². The zero-order valence-electron chi connectivity index (χ0n) is 19.4. The van der Waals surface area contributed by atoms with Crippen molar-refractivity contribution in [2.45, 2.75) is 44.8 Å². The Labute approximate surface area is 198 Å². The number of aliphatic hydroxyl groups excluding tert-OH is 1. The molecule has 5 rings (SSSR count). The van der Waals surface area contributed by atoms with Gasteiger partial charge in [-0.1, -0.05) is 55.0 Å². The molecular formula is C27H28N2O5. The number of amides is 2. The molecule has 2 aromatic carbocycles. The summed E-state index contributed by atoms with van der Waals surface area (Å²) in [5.74, 6) is -2.36. The van der Waals surface area contributed by atoms with Gasteiger partial charge in [0.25, 0.3) is 17.6 Å². The SMILES string of the molecule is CCCN1C(=O)C2(C(=C(O)c3ccc(C)cc3)C(=O)C(=O)N2CC2CCCO2)c2ccccc21. The number of ether oxygens (including phenoxy) is 1. The molecule has 34 heavy (non-hydrogen) atoms. The van der Waals surface area contributed by atoms with E-state index in [1.165, 1.54) is 4.90 Å². The van der Waals surface area contributed by atoms with Crippen molar-refractivity contribution in [1.82, 2.24) is 4.90 Å². The number of hydrogen-bond acceptors (Lipinski definition) is 5. The summed E-state index contributed by atoms with van der Waals surface area (Å²) in [6, 6.07) is 14.3. The van der Waals surface area contributed by atoms with Gasteiger partial charge >= 0.3 is 0 Å². The predicted octanol–water partition coefficient (Wildman–Crippen LogP) is 3.51. The van der Waals surface area contributed by atoms with Crippen molar-refractivity contribution in [2.24, 2.45) is 0 Å². The second-order valence-corrected chi connectivity index (χ2v) is 9.15. The van der Waals surface area contributed by atoms with E-state index in [9.17, 15) is 19.5 Å². The van der Waals surface area contributed by atoms with E-state index in [2.05, 4.69) is 0 Å². The quantitative estimate of drug-likeness (QED) is 0.419. The molecule has 176 valence electrons. The molecular weight excluding hydrogens is 432 g/mol. The summed E-state index contributed by atoms with van der Waals surface area (Å²) in [5.41, 5.74) is 0.680. The van der Waals surface area contributed by atoms with Crippen LogP contribution in [0.1, 0.15) is 42.9 Å². The smallest absolute Gasteiger partial charge is 0.296 e. The van der Waals surface area contributed by atoms with Gasteiger partial charge in [-0.2, -0.15) is 0 Å². The van der Waals surface area contributed by atoms with Crippen molar-refractivity contribution in [3.63, 3.8) is 0 Å². The van der Waals surface area contributed by atoms with Crippen LogP contribution in [-0.4, -0.2) is 53.4 Å². The molecule has 0 saturated carbocycles. The summed E-state index contributed by atoms with van der Waals surface area (Å²) >= 11 is 0. The number of hydrogen-bond donors (Lipinski definition) is 1. The lowest BCUT2D eigenvalue weighted by atomic mass is 9.81. The summed E-state index contributed by atoms with van der Waals surface area (Å²) in [5, 5.41) is 11.4. The average molecular weight is 461 g/mol. The lowest BCUT2D eigenvalue weighted by molar-refractivity contribution is -0.145. The first-order valence-corrected chi connectivity index (χ1v) is 11.8. The third-order valence-corrected chi connectivity index (χ3v) is 6.99. The summed E-state index contributed by atoms with van der Waals surface area (Å²) < 4.78 is 5.78. The number of anilines is 1. The van der Waals surface area contributed by atoms with Crippen molar-refractivity contribution < 1.29 is 24.2 Å². The number of aryl methyl sites for hydroxylation is 1. The van der Waals surface area contributed by atoms with Gasteiger partial charge in [-0.05, 0) is 32.3 Å². The van der Waals surface area contributed by atoms with Crippen LogP contribution in [0.2, 0.25) is 0 Å². The number of aliphatic hydroxyl groups is 1. The standard InChI is InChI=1S/C27H28N2O5/c1-3-14-28-21-9-5-4-8-20(21)27(26(28)33)22(23(30)18-12-10-17(2)11-13-18)24(31)25(32)29(27)16-19-7-6-15-34-19/h4-5,8-13,19,30H,3,6-7,14-16H2,1-2H3. The number of ketones is 1. The largest absolute Gasteiger partial charge is 0.507 e. The van der Waals surface area contributed by atoms with Gasteiger partial charge in [0, 0.05) is 30.8 Å². The Bertz CT molecular complexity index is 1200. The Hall–Kier alpha value is -3.45. The maximum absolute atomic E-state index is 14.2. The first-order chi connectivity index (χ1) is 16.4. The molecule has 3 heterocycles. The normalized spacial score (nSPS) is 25.6. The number of carbonyl (C=O) groups is 3. The van der Waals surface area contributed by atoms with E-state index in [1.54, 1.807) is 29.2 Å². The highest BCUT2D eigenvalue weighted by Crippen LogP contribution is 2.53. The van der Waals surface area contributed by atoms with Crippen molar-refractivity contribution in [2.75, 3.05) is 24.6 Å². The van der Waals surface area contributed by atoms with E-state index >= 15 is 0 Å². The summed E-state index contributed by atoms with van der Waals surface area (Å²) in [7, 11) is 0. The number of benzene rings is 2. The van der Waals surface area contributed by atoms with E-state index in [0.717, 1.165) is 18.4 Å². The zero-order valence-corrected chi connectivity index (χ0v) is 19.4. The van der Waals surface area contributed by atoms with Crippen LogP contribution < -0.4 is 4.90 Å². The second kappa shape index (κ2) is 8.40. The Kier molecular flexibility index (Phi) is 5.52. The number of Topliss-reactive ketones (excluding diaryl/α,β-unsaturated/α-hetero) is 1.